The number of rotatable bonds is 3. The fourth-order valence-corrected chi connectivity index (χ4v) is 3.25. The Balaban J connectivity index is 2.21. The molecule has 0 spiro atoms. The molecule has 1 N–H and O–H groups in total. The molecule has 0 bridgehead atoms. The van der Waals surface area contributed by atoms with E-state index < -0.39 is 36.6 Å². The third kappa shape index (κ3) is 3.22. The molecule has 1 amide bonds. The SMILES string of the molecule is O=C(O)C1c2ccccc2C(=O)N(CC(F)(F)F)C1c1ccccc1. The van der Waals surface area contributed by atoms with Crippen molar-refractivity contribution in [3.8, 4) is 0 Å². The highest BCUT2D eigenvalue weighted by Crippen LogP contribution is 2.43. The van der Waals surface area contributed by atoms with Crippen LogP contribution in [0.3, 0.4) is 0 Å². The summed E-state index contributed by atoms with van der Waals surface area (Å²) in [6.07, 6.45) is -4.64. The Morgan fingerprint density at radius 2 is 1.64 bits per heavy atom. The summed E-state index contributed by atoms with van der Waals surface area (Å²) >= 11 is 0. The van der Waals surface area contributed by atoms with Crippen molar-refractivity contribution in [2.45, 2.75) is 18.1 Å². The minimum absolute atomic E-state index is 0.00803. The maximum Gasteiger partial charge on any atom is 0.406 e. The molecule has 1 heterocycles. The minimum atomic E-state index is -4.64. The number of hydrogen-bond donors (Lipinski definition) is 1. The second kappa shape index (κ2) is 6.23. The summed E-state index contributed by atoms with van der Waals surface area (Å²) in [5.74, 6) is -3.38. The van der Waals surface area contributed by atoms with Crippen LogP contribution in [0.4, 0.5) is 13.2 Å². The van der Waals surface area contributed by atoms with Crippen LogP contribution >= 0.6 is 0 Å². The Bertz CT molecular complexity index is 805. The maximum absolute atomic E-state index is 13.1. The van der Waals surface area contributed by atoms with E-state index in [0.29, 0.717) is 10.5 Å². The van der Waals surface area contributed by atoms with Crippen molar-refractivity contribution in [2.24, 2.45) is 0 Å². The van der Waals surface area contributed by atoms with Crippen LogP contribution in [-0.2, 0) is 4.79 Å². The van der Waals surface area contributed by atoms with E-state index in [1.807, 2.05) is 0 Å². The molecule has 7 heteroatoms. The van der Waals surface area contributed by atoms with Gasteiger partial charge in [-0.05, 0) is 17.2 Å². The van der Waals surface area contributed by atoms with Crippen LogP contribution in [0.2, 0.25) is 0 Å². The summed E-state index contributed by atoms with van der Waals surface area (Å²) in [5.41, 5.74) is 0.570. The molecule has 2 aromatic carbocycles. The van der Waals surface area contributed by atoms with Crippen molar-refractivity contribution >= 4 is 11.9 Å². The highest BCUT2D eigenvalue weighted by atomic mass is 19.4. The van der Waals surface area contributed by atoms with Gasteiger partial charge in [-0.3, -0.25) is 9.59 Å². The van der Waals surface area contributed by atoms with Gasteiger partial charge in [-0.1, -0.05) is 48.5 Å². The molecule has 2 aromatic rings. The highest BCUT2D eigenvalue weighted by molar-refractivity contribution is 6.00. The average Bonchev–Trinajstić information content (AvgIpc) is 2.56. The summed E-state index contributed by atoms with van der Waals surface area (Å²) in [4.78, 5) is 25.2. The standard InChI is InChI=1S/C18H14F3NO3/c19-18(20,21)10-22-15(11-6-2-1-3-7-11)14(17(24)25)12-8-4-5-9-13(12)16(22)23/h1-9,14-15H,10H2,(H,24,25). The van der Waals surface area contributed by atoms with Gasteiger partial charge in [0.2, 0.25) is 0 Å². The largest absolute Gasteiger partial charge is 0.481 e. The zero-order valence-electron chi connectivity index (χ0n) is 12.9. The Labute approximate surface area is 141 Å². The number of fused-ring (bicyclic) bond motifs is 1. The molecule has 0 saturated heterocycles. The van der Waals surface area contributed by atoms with Crippen LogP contribution < -0.4 is 0 Å². The molecular formula is C18H14F3NO3. The molecule has 3 rings (SSSR count). The molecule has 1 aliphatic rings. The van der Waals surface area contributed by atoms with E-state index in [1.54, 1.807) is 24.3 Å². The number of carboxylic acids is 1. The number of carbonyl (C=O) groups is 2. The normalized spacial score (nSPS) is 20.3. The quantitative estimate of drug-likeness (QED) is 0.921. The summed E-state index contributed by atoms with van der Waals surface area (Å²) in [7, 11) is 0. The molecule has 130 valence electrons. The molecule has 25 heavy (non-hydrogen) atoms. The molecule has 0 saturated carbocycles. The van der Waals surface area contributed by atoms with Gasteiger partial charge in [0.1, 0.15) is 12.5 Å². The number of carboxylic acid groups (broad SMARTS) is 1. The van der Waals surface area contributed by atoms with E-state index in [2.05, 4.69) is 0 Å². The summed E-state index contributed by atoms with van der Waals surface area (Å²) < 4.78 is 39.2. The van der Waals surface area contributed by atoms with Gasteiger partial charge in [-0.2, -0.15) is 13.2 Å². The predicted molar refractivity (Wildman–Crippen MR) is 83.1 cm³/mol. The number of benzene rings is 2. The van der Waals surface area contributed by atoms with Gasteiger partial charge in [-0.15, -0.1) is 0 Å². The number of carbonyl (C=O) groups excluding carboxylic acids is 1. The summed E-state index contributed by atoms with van der Waals surface area (Å²) in [5, 5.41) is 9.70. The smallest absolute Gasteiger partial charge is 0.406 e. The van der Waals surface area contributed by atoms with Crippen LogP contribution in [0, 0.1) is 0 Å². The summed E-state index contributed by atoms with van der Waals surface area (Å²) in [6, 6.07) is 12.6. The Morgan fingerprint density at radius 1 is 1.04 bits per heavy atom. The first-order chi connectivity index (χ1) is 11.8. The number of aliphatic carboxylic acids is 1. The summed E-state index contributed by atoms with van der Waals surface area (Å²) in [6.45, 7) is -1.51. The third-order valence-corrected chi connectivity index (χ3v) is 4.20. The monoisotopic (exact) mass is 349 g/mol. The van der Waals surface area contributed by atoms with Gasteiger partial charge in [0.15, 0.2) is 0 Å². The molecule has 1 aliphatic heterocycles. The van der Waals surface area contributed by atoms with Gasteiger partial charge in [0, 0.05) is 5.56 Å². The van der Waals surface area contributed by atoms with Crippen molar-refractivity contribution in [1.82, 2.24) is 4.90 Å². The molecular weight excluding hydrogens is 335 g/mol. The number of nitrogens with zero attached hydrogens (tertiary/aromatic N) is 1. The fraction of sp³-hybridized carbons (Fsp3) is 0.222. The Hall–Kier alpha value is -2.83. The zero-order valence-corrected chi connectivity index (χ0v) is 12.9. The van der Waals surface area contributed by atoms with Gasteiger partial charge in [-0.25, -0.2) is 0 Å². The Kier molecular flexibility index (Phi) is 4.24. The third-order valence-electron chi connectivity index (χ3n) is 4.20. The first kappa shape index (κ1) is 17.0. The van der Waals surface area contributed by atoms with Crippen LogP contribution in [0.15, 0.2) is 54.6 Å². The molecule has 0 aromatic heterocycles. The van der Waals surface area contributed by atoms with Gasteiger partial charge in [0.25, 0.3) is 5.91 Å². The minimum Gasteiger partial charge on any atom is -0.481 e. The van der Waals surface area contributed by atoms with Crippen LogP contribution in [0.5, 0.6) is 0 Å². The van der Waals surface area contributed by atoms with Gasteiger partial charge >= 0.3 is 12.1 Å². The van der Waals surface area contributed by atoms with E-state index in [9.17, 15) is 27.9 Å². The lowest BCUT2D eigenvalue weighted by Crippen LogP contribution is -2.48. The number of hydrogen-bond acceptors (Lipinski definition) is 2. The molecule has 0 aliphatic carbocycles. The number of halogens is 3. The first-order valence-corrected chi connectivity index (χ1v) is 7.54. The van der Waals surface area contributed by atoms with Crippen molar-refractivity contribution in [3.05, 3.63) is 71.3 Å². The van der Waals surface area contributed by atoms with Crippen LogP contribution in [0.25, 0.3) is 0 Å². The lowest BCUT2D eigenvalue weighted by Gasteiger charge is -2.41. The molecule has 0 fully saturated rings. The Morgan fingerprint density at radius 3 is 2.24 bits per heavy atom. The highest BCUT2D eigenvalue weighted by Gasteiger charge is 2.47. The zero-order chi connectivity index (χ0) is 18.2. The number of amides is 1. The van der Waals surface area contributed by atoms with E-state index in [-0.39, 0.29) is 11.1 Å². The van der Waals surface area contributed by atoms with E-state index in [0.717, 1.165) is 0 Å². The molecule has 4 nitrogen and oxygen atoms in total. The van der Waals surface area contributed by atoms with Crippen molar-refractivity contribution in [2.75, 3.05) is 6.54 Å². The topological polar surface area (TPSA) is 57.6 Å². The van der Waals surface area contributed by atoms with Crippen LogP contribution in [0.1, 0.15) is 33.4 Å². The van der Waals surface area contributed by atoms with Gasteiger partial charge in [0.05, 0.1) is 6.04 Å². The van der Waals surface area contributed by atoms with E-state index in [1.165, 1.54) is 30.3 Å². The first-order valence-electron chi connectivity index (χ1n) is 7.54. The second-order valence-corrected chi connectivity index (χ2v) is 5.81. The van der Waals surface area contributed by atoms with E-state index in [4.69, 9.17) is 0 Å². The lowest BCUT2D eigenvalue weighted by molar-refractivity contribution is -0.153. The molecule has 0 radical (unpaired) electrons. The number of alkyl halides is 3. The van der Waals surface area contributed by atoms with Crippen molar-refractivity contribution in [3.63, 3.8) is 0 Å². The average molecular weight is 349 g/mol. The fourth-order valence-electron chi connectivity index (χ4n) is 3.25. The van der Waals surface area contributed by atoms with Gasteiger partial charge < -0.3 is 10.0 Å². The molecule has 2 atom stereocenters. The molecule has 2 unspecified atom stereocenters. The van der Waals surface area contributed by atoms with Crippen molar-refractivity contribution in [1.29, 1.82) is 0 Å². The van der Waals surface area contributed by atoms with Crippen molar-refractivity contribution < 1.29 is 27.9 Å². The second-order valence-electron chi connectivity index (χ2n) is 5.81. The lowest BCUT2D eigenvalue weighted by atomic mass is 9.80. The van der Waals surface area contributed by atoms with Crippen LogP contribution in [-0.4, -0.2) is 34.6 Å². The predicted octanol–water partition coefficient (Wildman–Crippen LogP) is 3.61. The van der Waals surface area contributed by atoms with E-state index >= 15 is 0 Å². The maximum atomic E-state index is 13.1.